The van der Waals surface area contributed by atoms with Crippen LogP contribution in [0, 0.1) is 12.8 Å². The molecule has 0 spiro atoms. The number of nitrogens with one attached hydrogen (secondary N) is 1. The van der Waals surface area contributed by atoms with Crippen molar-refractivity contribution in [1.29, 1.82) is 0 Å². The SMILES string of the molecule is Cc1cccc(-c2ncc(C(=O)N[C@H]3CN4CCC3CC4)s2)c1. The smallest absolute Gasteiger partial charge is 0.263 e. The van der Waals surface area contributed by atoms with Crippen LogP contribution in [0.25, 0.3) is 10.6 Å². The third-order valence-electron chi connectivity index (χ3n) is 4.97. The number of benzene rings is 1. The van der Waals surface area contributed by atoms with Crippen LogP contribution in [-0.2, 0) is 0 Å². The van der Waals surface area contributed by atoms with Gasteiger partial charge >= 0.3 is 0 Å². The van der Waals surface area contributed by atoms with Crippen LogP contribution in [0.5, 0.6) is 0 Å². The highest BCUT2D eigenvalue weighted by Gasteiger charge is 2.35. The van der Waals surface area contributed by atoms with Gasteiger partial charge in [0.25, 0.3) is 5.91 Å². The lowest BCUT2D eigenvalue weighted by molar-refractivity contribution is 0.0622. The predicted octanol–water partition coefficient (Wildman–Crippen LogP) is 2.94. The van der Waals surface area contributed by atoms with Gasteiger partial charge in [-0.1, -0.05) is 23.8 Å². The van der Waals surface area contributed by atoms with Crippen LogP contribution in [0.2, 0.25) is 0 Å². The largest absolute Gasteiger partial charge is 0.347 e. The van der Waals surface area contributed by atoms with E-state index >= 15 is 0 Å². The summed E-state index contributed by atoms with van der Waals surface area (Å²) in [5.74, 6) is 0.674. The average molecular weight is 327 g/mol. The third-order valence-corrected chi connectivity index (χ3v) is 6.01. The lowest BCUT2D eigenvalue weighted by Gasteiger charge is -2.44. The van der Waals surface area contributed by atoms with E-state index in [0.717, 1.165) is 17.1 Å². The van der Waals surface area contributed by atoms with Crippen LogP contribution in [0.1, 0.15) is 28.1 Å². The van der Waals surface area contributed by atoms with Crippen molar-refractivity contribution in [2.45, 2.75) is 25.8 Å². The van der Waals surface area contributed by atoms with E-state index in [1.54, 1.807) is 6.20 Å². The highest BCUT2D eigenvalue weighted by atomic mass is 32.1. The van der Waals surface area contributed by atoms with Crippen molar-refractivity contribution in [2.24, 2.45) is 5.92 Å². The molecular weight excluding hydrogens is 306 g/mol. The monoisotopic (exact) mass is 327 g/mol. The Morgan fingerprint density at radius 3 is 2.87 bits per heavy atom. The fourth-order valence-corrected chi connectivity index (χ4v) is 4.47. The first-order chi connectivity index (χ1) is 11.2. The molecule has 5 rings (SSSR count). The summed E-state index contributed by atoms with van der Waals surface area (Å²) in [5.41, 5.74) is 2.29. The molecule has 1 amide bonds. The van der Waals surface area contributed by atoms with Crippen molar-refractivity contribution in [3.05, 3.63) is 40.9 Å². The van der Waals surface area contributed by atoms with Crippen molar-refractivity contribution in [3.63, 3.8) is 0 Å². The molecule has 0 radical (unpaired) electrons. The molecule has 3 aliphatic rings. The molecule has 2 bridgehead atoms. The predicted molar refractivity (Wildman–Crippen MR) is 92.7 cm³/mol. The van der Waals surface area contributed by atoms with E-state index in [1.165, 1.54) is 42.8 Å². The van der Waals surface area contributed by atoms with Gasteiger partial charge in [0.15, 0.2) is 0 Å². The quantitative estimate of drug-likeness (QED) is 0.943. The summed E-state index contributed by atoms with van der Waals surface area (Å²) in [6.45, 7) is 5.45. The van der Waals surface area contributed by atoms with Gasteiger partial charge in [-0.15, -0.1) is 11.3 Å². The molecule has 3 saturated heterocycles. The van der Waals surface area contributed by atoms with Crippen LogP contribution in [0.4, 0.5) is 0 Å². The van der Waals surface area contributed by atoms with Gasteiger partial charge in [0, 0.05) is 18.2 Å². The van der Waals surface area contributed by atoms with Gasteiger partial charge in [0.2, 0.25) is 0 Å². The van der Waals surface area contributed by atoms with Crippen molar-refractivity contribution in [2.75, 3.05) is 19.6 Å². The second-order valence-corrected chi connectivity index (χ2v) is 7.65. The van der Waals surface area contributed by atoms with Crippen LogP contribution < -0.4 is 5.32 Å². The maximum absolute atomic E-state index is 12.5. The van der Waals surface area contributed by atoms with Gasteiger partial charge < -0.3 is 10.2 Å². The number of hydrogen-bond acceptors (Lipinski definition) is 4. The lowest BCUT2D eigenvalue weighted by atomic mass is 9.84. The molecule has 23 heavy (non-hydrogen) atoms. The number of aromatic nitrogens is 1. The maximum atomic E-state index is 12.5. The van der Waals surface area contributed by atoms with Gasteiger partial charge in [-0.2, -0.15) is 0 Å². The number of thiazole rings is 1. The Hall–Kier alpha value is -1.72. The van der Waals surface area contributed by atoms with E-state index in [-0.39, 0.29) is 5.91 Å². The first kappa shape index (κ1) is 14.8. The Kier molecular flexibility index (Phi) is 3.91. The molecule has 3 aliphatic heterocycles. The molecule has 0 unspecified atom stereocenters. The number of rotatable bonds is 3. The summed E-state index contributed by atoms with van der Waals surface area (Å²) in [4.78, 5) is 20.1. The minimum atomic E-state index is 0.0279. The Labute approximate surface area is 140 Å². The van der Waals surface area contributed by atoms with Crippen LogP contribution in [0.3, 0.4) is 0 Å². The molecule has 2 aromatic rings. The highest BCUT2D eigenvalue weighted by Crippen LogP contribution is 2.29. The molecule has 120 valence electrons. The molecule has 4 heterocycles. The average Bonchev–Trinajstić information content (AvgIpc) is 3.06. The van der Waals surface area contributed by atoms with Gasteiger partial charge in [-0.3, -0.25) is 4.79 Å². The first-order valence-corrected chi connectivity index (χ1v) is 9.07. The van der Waals surface area contributed by atoms with Crippen molar-refractivity contribution >= 4 is 17.2 Å². The third kappa shape index (κ3) is 3.03. The minimum Gasteiger partial charge on any atom is -0.347 e. The molecule has 4 nitrogen and oxygen atoms in total. The number of carbonyl (C=O) groups is 1. The summed E-state index contributed by atoms with van der Waals surface area (Å²) in [7, 11) is 0. The molecule has 0 aliphatic carbocycles. The molecule has 1 aromatic heterocycles. The van der Waals surface area contributed by atoms with Gasteiger partial charge in [-0.25, -0.2) is 4.98 Å². The van der Waals surface area contributed by atoms with Gasteiger partial charge in [0.05, 0.1) is 6.20 Å². The van der Waals surface area contributed by atoms with Gasteiger partial charge in [-0.05, 0) is 44.8 Å². The van der Waals surface area contributed by atoms with Gasteiger partial charge in [0.1, 0.15) is 9.88 Å². The minimum absolute atomic E-state index is 0.0279. The number of hydrogen-bond donors (Lipinski definition) is 1. The second-order valence-electron chi connectivity index (χ2n) is 6.62. The molecule has 3 fully saturated rings. The zero-order valence-electron chi connectivity index (χ0n) is 13.3. The molecule has 5 heteroatoms. The summed E-state index contributed by atoms with van der Waals surface area (Å²) >= 11 is 1.47. The lowest BCUT2D eigenvalue weighted by Crippen LogP contribution is -2.57. The van der Waals surface area contributed by atoms with E-state index in [9.17, 15) is 4.79 Å². The van der Waals surface area contributed by atoms with E-state index in [4.69, 9.17) is 0 Å². The number of aryl methyl sites for hydroxylation is 1. The zero-order valence-corrected chi connectivity index (χ0v) is 14.1. The molecule has 1 aromatic carbocycles. The molecular formula is C18H21N3OS. The Morgan fingerprint density at radius 1 is 1.35 bits per heavy atom. The van der Waals surface area contributed by atoms with E-state index in [2.05, 4.69) is 34.3 Å². The molecule has 0 saturated carbocycles. The van der Waals surface area contributed by atoms with Crippen molar-refractivity contribution in [1.82, 2.24) is 15.2 Å². The number of amides is 1. The summed E-state index contributed by atoms with van der Waals surface area (Å²) in [5, 5.41) is 4.14. The van der Waals surface area contributed by atoms with E-state index in [0.29, 0.717) is 16.8 Å². The number of nitrogens with zero attached hydrogens (tertiary/aromatic N) is 2. The number of fused-ring (bicyclic) bond motifs is 3. The van der Waals surface area contributed by atoms with E-state index in [1.807, 2.05) is 12.1 Å². The fourth-order valence-electron chi connectivity index (χ4n) is 3.66. The summed E-state index contributed by atoms with van der Waals surface area (Å²) in [6.07, 6.45) is 4.13. The first-order valence-electron chi connectivity index (χ1n) is 8.25. The van der Waals surface area contributed by atoms with Crippen LogP contribution >= 0.6 is 11.3 Å². The van der Waals surface area contributed by atoms with Crippen LogP contribution in [-0.4, -0.2) is 41.5 Å². The second kappa shape index (κ2) is 6.06. The van der Waals surface area contributed by atoms with Crippen LogP contribution in [0.15, 0.2) is 30.5 Å². The Bertz CT molecular complexity index is 719. The maximum Gasteiger partial charge on any atom is 0.263 e. The van der Waals surface area contributed by atoms with Crippen molar-refractivity contribution < 1.29 is 4.79 Å². The Morgan fingerprint density at radius 2 is 2.17 bits per heavy atom. The topological polar surface area (TPSA) is 45.2 Å². The summed E-state index contributed by atoms with van der Waals surface area (Å²) in [6, 6.07) is 8.54. The fraction of sp³-hybridized carbons (Fsp3) is 0.444. The highest BCUT2D eigenvalue weighted by molar-refractivity contribution is 7.16. The number of carbonyl (C=O) groups excluding carboxylic acids is 1. The Balaban J connectivity index is 1.47. The standard InChI is InChI=1S/C18H21N3OS/c1-12-3-2-4-14(9-12)18-19-10-16(23-18)17(22)20-15-11-21-7-5-13(15)6-8-21/h2-4,9-10,13,15H,5-8,11H2,1H3,(H,20,22)/t15-/m0/s1. The summed E-state index contributed by atoms with van der Waals surface area (Å²) < 4.78 is 0. The zero-order chi connectivity index (χ0) is 15.8. The normalized spacial score (nSPS) is 26.2. The van der Waals surface area contributed by atoms with E-state index < -0.39 is 0 Å². The number of piperidine rings is 3. The molecule has 1 N–H and O–H groups in total. The van der Waals surface area contributed by atoms with Crippen molar-refractivity contribution in [3.8, 4) is 10.6 Å². The molecule has 1 atom stereocenters.